The molecule has 2 rings (SSSR count). The fraction of sp³-hybridized carbons (Fsp3) is 0.462. The van der Waals surface area contributed by atoms with Gasteiger partial charge in [0.1, 0.15) is 17.5 Å². The molecule has 0 aliphatic rings. The van der Waals surface area contributed by atoms with Crippen LogP contribution in [-0.2, 0) is 16.1 Å². The number of ether oxygens (including phenoxy) is 2. The van der Waals surface area contributed by atoms with E-state index in [9.17, 15) is 9.59 Å². The molecular weight excluding hydrogens is 440 g/mol. The molecule has 180 valence electrons. The second-order valence-corrected chi connectivity index (χ2v) is 8.28. The van der Waals surface area contributed by atoms with E-state index in [1.165, 1.54) is 0 Å². The average molecular weight is 475 g/mol. The minimum Gasteiger partial charge on any atom is -0.497 e. The van der Waals surface area contributed by atoms with Crippen LogP contribution >= 0.6 is 11.6 Å². The van der Waals surface area contributed by atoms with Crippen molar-refractivity contribution in [3.8, 4) is 11.5 Å². The first kappa shape index (κ1) is 26.5. The van der Waals surface area contributed by atoms with E-state index in [0.29, 0.717) is 49.7 Å². The van der Waals surface area contributed by atoms with Crippen LogP contribution in [0.2, 0.25) is 5.02 Å². The van der Waals surface area contributed by atoms with Gasteiger partial charge in [-0.05, 0) is 61.2 Å². The molecule has 1 N–H and O–H groups in total. The van der Waals surface area contributed by atoms with E-state index in [1.807, 2.05) is 31.2 Å². The highest BCUT2D eigenvalue weighted by Gasteiger charge is 2.28. The molecule has 33 heavy (non-hydrogen) atoms. The van der Waals surface area contributed by atoms with Gasteiger partial charge in [0.15, 0.2) is 0 Å². The van der Waals surface area contributed by atoms with Gasteiger partial charge in [-0.2, -0.15) is 0 Å². The number of halogens is 1. The molecule has 0 heterocycles. The molecule has 0 bridgehead atoms. The van der Waals surface area contributed by atoms with Gasteiger partial charge < -0.3 is 19.7 Å². The van der Waals surface area contributed by atoms with E-state index in [4.69, 9.17) is 21.1 Å². The Kier molecular flexibility index (Phi) is 11.6. The molecule has 6 nitrogen and oxygen atoms in total. The molecule has 0 aromatic heterocycles. The highest BCUT2D eigenvalue weighted by Crippen LogP contribution is 2.18. The third-order valence-electron chi connectivity index (χ3n) is 5.34. The van der Waals surface area contributed by atoms with Crippen LogP contribution in [0.5, 0.6) is 11.5 Å². The number of benzene rings is 2. The summed E-state index contributed by atoms with van der Waals surface area (Å²) in [5.74, 6) is 1.29. The maximum atomic E-state index is 13.2. The molecule has 0 spiro atoms. The Morgan fingerprint density at radius 3 is 2.27 bits per heavy atom. The highest BCUT2D eigenvalue weighted by molar-refractivity contribution is 6.30. The van der Waals surface area contributed by atoms with Crippen LogP contribution in [0.1, 0.15) is 51.5 Å². The SMILES string of the molecule is CCCCNC(=O)[C@H](CC)N(Cc1ccc(OC)cc1)C(=O)CCCOc1ccc(Cl)cc1. The minimum absolute atomic E-state index is 0.0667. The zero-order valence-electron chi connectivity index (χ0n) is 19.8. The van der Waals surface area contributed by atoms with Crippen molar-refractivity contribution in [1.29, 1.82) is 0 Å². The molecule has 0 saturated heterocycles. The number of hydrogen-bond donors (Lipinski definition) is 1. The van der Waals surface area contributed by atoms with E-state index in [0.717, 1.165) is 24.2 Å². The van der Waals surface area contributed by atoms with Crippen LogP contribution in [0.15, 0.2) is 48.5 Å². The molecule has 2 aromatic carbocycles. The zero-order valence-corrected chi connectivity index (χ0v) is 20.6. The maximum Gasteiger partial charge on any atom is 0.242 e. The summed E-state index contributed by atoms with van der Waals surface area (Å²) in [5, 5.41) is 3.63. The quantitative estimate of drug-likeness (QED) is 0.380. The Labute approximate surface area is 202 Å². The molecule has 0 radical (unpaired) electrons. The van der Waals surface area contributed by atoms with Crippen molar-refractivity contribution >= 4 is 23.4 Å². The second-order valence-electron chi connectivity index (χ2n) is 7.84. The Bertz CT molecular complexity index is 856. The molecule has 0 fully saturated rings. The minimum atomic E-state index is -0.520. The smallest absolute Gasteiger partial charge is 0.242 e. The Balaban J connectivity index is 2.03. The largest absolute Gasteiger partial charge is 0.497 e. The number of rotatable bonds is 14. The topological polar surface area (TPSA) is 67.9 Å². The van der Waals surface area contributed by atoms with E-state index in [-0.39, 0.29) is 11.8 Å². The van der Waals surface area contributed by atoms with Gasteiger partial charge in [0.2, 0.25) is 11.8 Å². The molecule has 0 saturated carbocycles. The normalized spacial score (nSPS) is 11.5. The number of methoxy groups -OCH3 is 1. The van der Waals surface area contributed by atoms with Crippen LogP contribution in [0.3, 0.4) is 0 Å². The lowest BCUT2D eigenvalue weighted by Gasteiger charge is -2.31. The molecule has 2 aromatic rings. The Hall–Kier alpha value is -2.73. The van der Waals surface area contributed by atoms with E-state index < -0.39 is 6.04 Å². The first-order valence-corrected chi connectivity index (χ1v) is 11.9. The third kappa shape index (κ3) is 8.97. The molecule has 0 aliphatic heterocycles. The summed E-state index contributed by atoms with van der Waals surface area (Å²) in [6.07, 6.45) is 3.30. The van der Waals surface area contributed by atoms with Crippen LogP contribution in [0.25, 0.3) is 0 Å². The number of nitrogens with zero attached hydrogens (tertiary/aromatic N) is 1. The number of carbonyl (C=O) groups excluding carboxylic acids is 2. The van der Waals surface area contributed by atoms with Crippen molar-refractivity contribution < 1.29 is 19.1 Å². The first-order chi connectivity index (χ1) is 16.0. The van der Waals surface area contributed by atoms with Gasteiger partial charge in [-0.1, -0.05) is 44.0 Å². The molecule has 0 aliphatic carbocycles. The van der Waals surface area contributed by atoms with E-state index in [1.54, 1.807) is 36.3 Å². The number of hydrogen-bond acceptors (Lipinski definition) is 4. The van der Waals surface area contributed by atoms with Crippen molar-refractivity contribution in [2.45, 2.75) is 58.5 Å². The summed E-state index contributed by atoms with van der Waals surface area (Å²) >= 11 is 5.90. The van der Waals surface area contributed by atoms with Crippen molar-refractivity contribution in [3.63, 3.8) is 0 Å². The monoisotopic (exact) mass is 474 g/mol. The lowest BCUT2D eigenvalue weighted by Crippen LogP contribution is -2.49. The van der Waals surface area contributed by atoms with Gasteiger partial charge in [-0.15, -0.1) is 0 Å². The zero-order chi connectivity index (χ0) is 24.1. The van der Waals surface area contributed by atoms with Crippen LogP contribution in [0.4, 0.5) is 0 Å². The summed E-state index contributed by atoms with van der Waals surface area (Å²) < 4.78 is 10.9. The lowest BCUT2D eigenvalue weighted by molar-refractivity contribution is -0.141. The highest BCUT2D eigenvalue weighted by atomic mass is 35.5. The van der Waals surface area contributed by atoms with E-state index in [2.05, 4.69) is 12.2 Å². The maximum absolute atomic E-state index is 13.2. The first-order valence-electron chi connectivity index (χ1n) is 11.6. The number of unbranched alkanes of at least 4 members (excludes halogenated alkanes) is 1. The van der Waals surface area contributed by atoms with Crippen molar-refractivity contribution in [3.05, 3.63) is 59.1 Å². The summed E-state index contributed by atoms with van der Waals surface area (Å²) in [6, 6.07) is 14.2. The van der Waals surface area contributed by atoms with E-state index >= 15 is 0 Å². The van der Waals surface area contributed by atoms with Crippen molar-refractivity contribution in [2.75, 3.05) is 20.3 Å². The fourth-order valence-corrected chi connectivity index (χ4v) is 3.57. The van der Waals surface area contributed by atoms with Gasteiger partial charge in [0, 0.05) is 24.5 Å². The third-order valence-corrected chi connectivity index (χ3v) is 5.60. The second kappa shape index (κ2) is 14.4. The van der Waals surface area contributed by atoms with Crippen molar-refractivity contribution in [2.24, 2.45) is 0 Å². The summed E-state index contributed by atoms with van der Waals surface area (Å²) in [7, 11) is 1.62. The van der Waals surface area contributed by atoms with Crippen molar-refractivity contribution in [1.82, 2.24) is 10.2 Å². The molecule has 1 atom stereocenters. The van der Waals surface area contributed by atoms with Gasteiger partial charge in [-0.25, -0.2) is 0 Å². The molecule has 7 heteroatoms. The number of amides is 2. The summed E-state index contributed by atoms with van der Waals surface area (Å²) in [4.78, 5) is 27.8. The summed E-state index contributed by atoms with van der Waals surface area (Å²) in [6.45, 7) is 5.40. The van der Waals surface area contributed by atoms with Gasteiger partial charge in [0.25, 0.3) is 0 Å². The average Bonchev–Trinajstić information content (AvgIpc) is 2.83. The van der Waals surface area contributed by atoms with Gasteiger partial charge in [0.05, 0.1) is 13.7 Å². The summed E-state index contributed by atoms with van der Waals surface area (Å²) in [5.41, 5.74) is 0.946. The molecule has 0 unspecified atom stereocenters. The predicted molar refractivity (Wildman–Crippen MR) is 132 cm³/mol. The van der Waals surface area contributed by atoms with Gasteiger partial charge in [-0.3, -0.25) is 9.59 Å². The number of carbonyl (C=O) groups is 2. The fourth-order valence-electron chi connectivity index (χ4n) is 3.44. The Morgan fingerprint density at radius 1 is 1.00 bits per heavy atom. The predicted octanol–water partition coefficient (Wildman–Crippen LogP) is 5.23. The van der Waals surface area contributed by atoms with Gasteiger partial charge >= 0.3 is 0 Å². The molecular formula is C26H35ClN2O4. The standard InChI is InChI=1S/C26H35ClN2O4/c1-4-6-17-28-26(31)24(5-2)29(19-20-9-13-22(32-3)14-10-20)25(30)8-7-18-33-23-15-11-21(27)12-16-23/h9-16,24H,4-8,17-19H2,1-3H3,(H,28,31)/t24-/m0/s1. The van der Waals surface area contributed by atoms with Crippen LogP contribution in [-0.4, -0.2) is 43.0 Å². The molecule has 2 amide bonds. The Morgan fingerprint density at radius 2 is 1.67 bits per heavy atom. The van der Waals surface area contributed by atoms with Crippen LogP contribution < -0.4 is 14.8 Å². The van der Waals surface area contributed by atoms with Crippen LogP contribution in [0, 0.1) is 0 Å². The lowest BCUT2D eigenvalue weighted by atomic mass is 10.1. The number of nitrogens with one attached hydrogen (secondary N) is 1.